The summed E-state index contributed by atoms with van der Waals surface area (Å²) in [5, 5.41) is 3.67. The highest BCUT2D eigenvalue weighted by Crippen LogP contribution is 2.36. The molecule has 1 heteroatoms. The topological polar surface area (TPSA) is 12.0 Å². The Morgan fingerprint density at radius 3 is 2.00 bits per heavy atom. The molecule has 104 valence electrons. The van der Waals surface area contributed by atoms with Crippen molar-refractivity contribution in [1.29, 1.82) is 0 Å². The average molecular weight is 265 g/mol. The second-order valence-electron chi connectivity index (χ2n) is 6.14. The Morgan fingerprint density at radius 2 is 1.40 bits per heavy atom. The first-order valence-corrected chi connectivity index (χ1v) is 7.56. The van der Waals surface area contributed by atoms with Gasteiger partial charge in [-0.1, -0.05) is 59.7 Å². The normalized spacial score (nSPS) is 21.5. The number of hydrogen-bond acceptors (Lipinski definition) is 1. The van der Waals surface area contributed by atoms with E-state index in [4.69, 9.17) is 0 Å². The molecule has 3 rings (SSSR count). The third-order valence-electron chi connectivity index (χ3n) is 4.40. The highest BCUT2D eigenvalue weighted by Gasteiger charge is 2.29. The maximum Gasteiger partial charge on any atom is 0.0208 e. The fraction of sp³-hybridized carbons (Fsp3) is 0.368. The van der Waals surface area contributed by atoms with Crippen LogP contribution in [0.3, 0.4) is 0 Å². The molecule has 0 radical (unpaired) electrons. The largest absolute Gasteiger partial charge is 0.310 e. The quantitative estimate of drug-likeness (QED) is 0.867. The fourth-order valence-corrected chi connectivity index (χ4v) is 2.86. The van der Waals surface area contributed by atoms with Gasteiger partial charge >= 0.3 is 0 Å². The molecule has 0 bridgehead atoms. The first-order chi connectivity index (χ1) is 9.70. The molecule has 0 aliphatic heterocycles. The molecule has 2 aromatic rings. The first kappa shape index (κ1) is 13.4. The third kappa shape index (κ3) is 3.10. The van der Waals surface area contributed by atoms with E-state index in [1.54, 1.807) is 0 Å². The van der Waals surface area contributed by atoms with Crippen LogP contribution in [0.4, 0.5) is 0 Å². The number of nitrogens with one attached hydrogen (secondary N) is 1. The van der Waals surface area contributed by atoms with E-state index in [0.717, 1.165) is 12.5 Å². The summed E-state index contributed by atoms with van der Waals surface area (Å²) in [6.45, 7) is 5.28. The van der Waals surface area contributed by atoms with Gasteiger partial charge in [0.1, 0.15) is 0 Å². The molecule has 0 saturated heterocycles. The van der Waals surface area contributed by atoms with E-state index in [1.807, 2.05) is 0 Å². The van der Waals surface area contributed by atoms with Crippen LogP contribution >= 0.6 is 0 Å². The van der Waals surface area contributed by atoms with Gasteiger partial charge in [-0.05, 0) is 43.7 Å². The van der Waals surface area contributed by atoms with Crippen molar-refractivity contribution in [1.82, 2.24) is 5.32 Å². The number of aryl methyl sites for hydroxylation is 2. The van der Waals surface area contributed by atoms with Gasteiger partial charge in [-0.25, -0.2) is 0 Å². The molecular weight excluding hydrogens is 242 g/mol. The monoisotopic (exact) mass is 265 g/mol. The molecule has 1 saturated carbocycles. The van der Waals surface area contributed by atoms with E-state index in [2.05, 4.69) is 67.7 Å². The fourth-order valence-electron chi connectivity index (χ4n) is 2.86. The Kier molecular flexibility index (Phi) is 3.88. The standard InChI is InChI=1S/C19H23N/c1-14-3-7-16(8-4-14)13-20-19-11-18(12-19)17-9-5-15(2)6-10-17/h3-10,18-20H,11-13H2,1-2H3. The molecule has 0 amide bonds. The smallest absolute Gasteiger partial charge is 0.0208 e. The molecule has 0 atom stereocenters. The molecule has 2 aromatic carbocycles. The predicted molar refractivity (Wildman–Crippen MR) is 85.0 cm³/mol. The van der Waals surface area contributed by atoms with E-state index in [9.17, 15) is 0 Å². The van der Waals surface area contributed by atoms with Crippen molar-refractivity contribution >= 4 is 0 Å². The van der Waals surface area contributed by atoms with E-state index < -0.39 is 0 Å². The van der Waals surface area contributed by atoms with Gasteiger partial charge in [-0.3, -0.25) is 0 Å². The van der Waals surface area contributed by atoms with Crippen LogP contribution in [-0.4, -0.2) is 6.04 Å². The minimum absolute atomic E-state index is 0.683. The average Bonchev–Trinajstić information content (AvgIpc) is 2.41. The Morgan fingerprint density at radius 1 is 0.850 bits per heavy atom. The van der Waals surface area contributed by atoms with E-state index in [1.165, 1.54) is 35.1 Å². The summed E-state index contributed by atoms with van der Waals surface area (Å²) in [6, 6.07) is 18.5. The minimum atomic E-state index is 0.683. The summed E-state index contributed by atoms with van der Waals surface area (Å²) < 4.78 is 0. The first-order valence-electron chi connectivity index (χ1n) is 7.56. The molecule has 1 fully saturated rings. The molecule has 0 heterocycles. The lowest BCUT2D eigenvalue weighted by molar-refractivity contribution is 0.289. The summed E-state index contributed by atoms with van der Waals surface area (Å²) >= 11 is 0. The second kappa shape index (κ2) is 5.80. The van der Waals surface area contributed by atoms with Crippen molar-refractivity contribution in [2.75, 3.05) is 0 Å². The SMILES string of the molecule is Cc1ccc(CNC2CC(c3ccc(C)cc3)C2)cc1. The zero-order chi connectivity index (χ0) is 13.9. The van der Waals surface area contributed by atoms with E-state index >= 15 is 0 Å². The van der Waals surface area contributed by atoms with Crippen LogP contribution in [0.5, 0.6) is 0 Å². The molecule has 1 aliphatic carbocycles. The molecular formula is C19H23N. The van der Waals surface area contributed by atoms with Crippen LogP contribution < -0.4 is 5.32 Å². The predicted octanol–water partition coefficient (Wildman–Crippen LogP) is 4.34. The Balaban J connectivity index is 1.46. The lowest BCUT2D eigenvalue weighted by Gasteiger charge is -2.36. The van der Waals surface area contributed by atoms with Gasteiger partial charge in [0.25, 0.3) is 0 Å². The summed E-state index contributed by atoms with van der Waals surface area (Å²) in [5.74, 6) is 0.756. The van der Waals surface area contributed by atoms with E-state index in [0.29, 0.717) is 6.04 Å². The van der Waals surface area contributed by atoms with Crippen LogP contribution in [0.2, 0.25) is 0 Å². The summed E-state index contributed by atoms with van der Waals surface area (Å²) in [7, 11) is 0. The van der Waals surface area contributed by atoms with Crippen LogP contribution in [-0.2, 0) is 6.54 Å². The summed E-state index contributed by atoms with van der Waals surface area (Å²) in [5.41, 5.74) is 5.57. The molecule has 0 aromatic heterocycles. The highest BCUT2D eigenvalue weighted by atomic mass is 14.9. The number of benzene rings is 2. The minimum Gasteiger partial charge on any atom is -0.310 e. The van der Waals surface area contributed by atoms with Crippen LogP contribution in [0.15, 0.2) is 48.5 Å². The van der Waals surface area contributed by atoms with Crippen molar-refractivity contribution in [3.8, 4) is 0 Å². The van der Waals surface area contributed by atoms with Gasteiger partial charge in [0.15, 0.2) is 0 Å². The van der Waals surface area contributed by atoms with Crippen molar-refractivity contribution in [2.24, 2.45) is 0 Å². The van der Waals surface area contributed by atoms with Crippen molar-refractivity contribution in [2.45, 2.75) is 45.2 Å². The summed E-state index contributed by atoms with van der Waals surface area (Å²) in [6.07, 6.45) is 2.55. The van der Waals surface area contributed by atoms with E-state index in [-0.39, 0.29) is 0 Å². The van der Waals surface area contributed by atoms with Crippen molar-refractivity contribution in [3.63, 3.8) is 0 Å². The maximum absolute atomic E-state index is 3.67. The Bertz CT molecular complexity index is 545. The molecule has 1 N–H and O–H groups in total. The molecule has 0 unspecified atom stereocenters. The van der Waals surface area contributed by atoms with Crippen LogP contribution in [0.25, 0.3) is 0 Å². The molecule has 20 heavy (non-hydrogen) atoms. The Hall–Kier alpha value is -1.60. The van der Waals surface area contributed by atoms with Gasteiger partial charge in [0, 0.05) is 12.6 Å². The third-order valence-corrected chi connectivity index (χ3v) is 4.40. The zero-order valence-electron chi connectivity index (χ0n) is 12.4. The zero-order valence-corrected chi connectivity index (χ0v) is 12.4. The molecule has 1 aliphatic rings. The van der Waals surface area contributed by atoms with Gasteiger partial charge < -0.3 is 5.32 Å². The molecule has 1 nitrogen and oxygen atoms in total. The van der Waals surface area contributed by atoms with Crippen molar-refractivity contribution < 1.29 is 0 Å². The van der Waals surface area contributed by atoms with Crippen LogP contribution in [0.1, 0.15) is 41.0 Å². The van der Waals surface area contributed by atoms with Gasteiger partial charge in [-0.15, -0.1) is 0 Å². The number of rotatable bonds is 4. The lowest BCUT2D eigenvalue weighted by atomic mass is 9.75. The second-order valence-corrected chi connectivity index (χ2v) is 6.14. The summed E-state index contributed by atoms with van der Waals surface area (Å²) in [4.78, 5) is 0. The Labute approximate surface area is 122 Å². The van der Waals surface area contributed by atoms with Gasteiger partial charge in [-0.2, -0.15) is 0 Å². The van der Waals surface area contributed by atoms with Crippen LogP contribution in [0, 0.1) is 13.8 Å². The maximum atomic E-state index is 3.67. The highest BCUT2D eigenvalue weighted by molar-refractivity contribution is 5.27. The van der Waals surface area contributed by atoms with Gasteiger partial charge in [0.2, 0.25) is 0 Å². The van der Waals surface area contributed by atoms with Gasteiger partial charge in [0.05, 0.1) is 0 Å². The number of hydrogen-bond donors (Lipinski definition) is 1. The lowest BCUT2D eigenvalue weighted by Crippen LogP contribution is -2.39. The van der Waals surface area contributed by atoms with Crippen molar-refractivity contribution in [3.05, 3.63) is 70.8 Å². The molecule has 0 spiro atoms.